The molecule has 7 heteroatoms. The molecule has 3 heterocycles. The summed E-state index contributed by atoms with van der Waals surface area (Å²) in [6.45, 7) is 6.19. The summed E-state index contributed by atoms with van der Waals surface area (Å²) in [5.74, 6) is 0.192. The number of nitrogens with one attached hydrogen (secondary N) is 1. The molecule has 2 aromatic heterocycles. The predicted molar refractivity (Wildman–Crippen MR) is 98.3 cm³/mol. The first-order valence-corrected chi connectivity index (χ1v) is 9.54. The molecule has 25 heavy (non-hydrogen) atoms. The highest BCUT2D eigenvalue weighted by atomic mass is 32.1. The van der Waals surface area contributed by atoms with Crippen LogP contribution < -0.4 is 5.32 Å². The zero-order chi connectivity index (χ0) is 17.8. The number of thiophene rings is 1. The molecule has 6 nitrogen and oxygen atoms in total. The van der Waals surface area contributed by atoms with Gasteiger partial charge in [-0.15, -0.1) is 11.3 Å². The van der Waals surface area contributed by atoms with E-state index in [1.165, 1.54) is 0 Å². The van der Waals surface area contributed by atoms with Crippen LogP contribution in [0.15, 0.2) is 23.6 Å². The number of aryl methyl sites for hydroxylation is 1. The maximum atomic E-state index is 12.3. The maximum absolute atomic E-state index is 12.3. The summed E-state index contributed by atoms with van der Waals surface area (Å²) in [4.78, 5) is 26.6. The highest BCUT2D eigenvalue weighted by Gasteiger charge is 2.25. The number of rotatable bonds is 5. The van der Waals surface area contributed by atoms with Gasteiger partial charge in [0.1, 0.15) is 5.69 Å². The van der Waals surface area contributed by atoms with E-state index >= 15 is 0 Å². The minimum atomic E-state index is 0.0102. The molecule has 134 valence electrons. The lowest BCUT2D eigenvalue weighted by Crippen LogP contribution is -2.42. The zero-order valence-electron chi connectivity index (χ0n) is 14.7. The first-order valence-electron chi connectivity index (χ1n) is 8.66. The Hall–Kier alpha value is -2.15. The summed E-state index contributed by atoms with van der Waals surface area (Å²) in [5.41, 5.74) is 2.07. The summed E-state index contributed by atoms with van der Waals surface area (Å²) >= 11 is 1.67. The molecule has 0 atom stereocenters. The third kappa shape index (κ3) is 4.28. The van der Waals surface area contributed by atoms with Gasteiger partial charge in [-0.05, 0) is 37.3 Å². The van der Waals surface area contributed by atoms with Crippen LogP contribution in [0.1, 0.15) is 25.5 Å². The summed E-state index contributed by atoms with van der Waals surface area (Å²) in [6, 6.07) is 6.16. The summed E-state index contributed by atoms with van der Waals surface area (Å²) in [6.07, 6.45) is 1.49. The number of hydrogen-bond acceptors (Lipinski definition) is 4. The first-order chi connectivity index (χ1) is 12.0. The lowest BCUT2D eigenvalue weighted by atomic mass is 9.96. The minimum absolute atomic E-state index is 0.0102. The van der Waals surface area contributed by atoms with Crippen LogP contribution in [0.25, 0.3) is 10.6 Å². The van der Waals surface area contributed by atoms with E-state index in [2.05, 4.69) is 22.5 Å². The number of nitrogens with zero attached hydrogens (tertiary/aromatic N) is 3. The van der Waals surface area contributed by atoms with Crippen molar-refractivity contribution >= 4 is 23.2 Å². The smallest absolute Gasteiger partial charge is 0.223 e. The van der Waals surface area contributed by atoms with Gasteiger partial charge in [-0.2, -0.15) is 5.10 Å². The number of carbonyl (C=O) groups is 2. The molecule has 0 unspecified atom stereocenters. The molecule has 0 aromatic carbocycles. The highest BCUT2D eigenvalue weighted by molar-refractivity contribution is 7.13. The standard InChI is InChI=1S/C18H24N4O2S/c1-13-12-16(17-4-3-11-25-17)20-22(13)10-7-19-18(24)15-5-8-21(9-6-15)14(2)23/h3-4,11-12,15H,5-10H2,1-2H3,(H,19,24). The van der Waals surface area contributed by atoms with Gasteiger partial charge in [0.05, 0.1) is 11.4 Å². The first kappa shape index (κ1) is 17.7. The van der Waals surface area contributed by atoms with Gasteiger partial charge in [-0.3, -0.25) is 14.3 Å². The van der Waals surface area contributed by atoms with Gasteiger partial charge in [0.15, 0.2) is 0 Å². The van der Waals surface area contributed by atoms with Gasteiger partial charge < -0.3 is 10.2 Å². The van der Waals surface area contributed by atoms with Crippen molar-refractivity contribution in [2.45, 2.75) is 33.2 Å². The van der Waals surface area contributed by atoms with Crippen molar-refractivity contribution in [3.63, 3.8) is 0 Å². The Kier molecular flexibility index (Phi) is 5.53. The maximum Gasteiger partial charge on any atom is 0.223 e. The van der Waals surface area contributed by atoms with Gasteiger partial charge in [0.2, 0.25) is 11.8 Å². The average molecular weight is 360 g/mol. The summed E-state index contributed by atoms with van der Waals surface area (Å²) in [5, 5.41) is 9.68. The fraction of sp³-hybridized carbons (Fsp3) is 0.500. The van der Waals surface area contributed by atoms with Crippen molar-refractivity contribution in [3.8, 4) is 10.6 Å². The van der Waals surface area contributed by atoms with Crippen molar-refractivity contribution < 1.29 is 9.59 Å². The molecular formula is C18H24N4O2S. The van der Waals surface area contributed by atoms with Crippen molar-refractivity contribution in [3.05, 3.63) is 29.3 Å². The Labute approximate surface area is 151 Å². The Balaban J connectivity index is 1.47. The van der Waals surface area contributed by atoms with E-state index < -0.39 is 0 Å². The van der Waals surface area contributed by atoms with Gasteiger partial charge in [-0.1, -0.05) is 6.07 Å². The molecule has 2 aromatic rings. The second kappa shape index (κ2) is 7.82. The normalized spacial score (nSPS) is 15.4. The molecule has 0 saturated carbocycles. The molecule has 1 aliphatic heterocycles. The summed E-state index contributed by atoms with van der Waals surface area (Å²) < 4.78 is 1.94. The third-order valence-electron chi connectivity index (χ3n) is 4.69. The fourth-order valence-electron chi connectivity index (χ4n) is 3.17. The molecule has 0 spiro atoms. The van der Waals surface area contributed by atoms with Crippen LogP contribution >= 0.6 is 11.3 Å². The van der Waals surface area contributed by atoms with Crippen LogP contribution in [-0.4, -0.2) is 46.1 Å². The van der Waals surface area contributed by atoms with Crippen LogP contribution in [0.5, 0.6) is 0 Å². The molecular weight excluding hydrogens is 336 g/mol. The van der Waals surface area contributed by atoms with Crippen molar-refractivity contribution in [2.24, 2.45) is 5.92 Å². The van der Waals surface area contributed by atoms with Gasteiger partial charge in [-0.25, -0.2) is 0 Å². The molecule has 1 saturated heterocycles. The molecule has 0 radical (unpaired) electrons. The minimum Gasteiger partial charge on any atom is -0.354 e. The van der Waals surface area contributed by atoms with E-state index in [0.29, 0.717) is 26.2 Å². The van der Waals surface area contributed by atoms with Gasteiger partial charge in [0.25, 0.3) is 0 Å². The third-order valence-corrected chi connectivity index (χ3v) is 5.58. The largest absolute Gasteiger partial charge is 0.354 e. The highest BCUT2D eigenvalue weighted by Crippen LogP contribution is 2.23. The number of hydrogen-bond donors (Lipinski definition) is 1. The molecule has 0 bridgehead atoms. The number of aromatic nitrogens is 2. The Morgan fingerprint density at radius 3 is 2.76 bits per heavy atom. The lowest BCUT2D eigenvalue weighted by molar-refractivity contribution is -0.133. The predicted octanol–water partition coefficient (Wildman–Crippen LogP) is 2.29. The number of likely N-dealkylation sites (tertiary alicyclic amines) is 1. The van der Waals surface area contributed by atoms with E-state index in [9.17, 15) is 9.59 Å². The van der Waals surface area contributed by atoms with Crippen LogP contribution in [0.3, 0.4) is 0 Å². The van der Waals surface area contributed by atoms with Crippen LogP contribution in [0.4, 0.5) is 0 Å². The molecule has 1 aliphatic rings. The second-order valence-electron chi connectivity index (χ2n) is 6.44. The average Bonchev–Trinajstić information content (AvgIpc) is 3.25. The SMILES string of the molecule is CC(=O)N1CCC(C(=O)NCCn2nc(-c3cccs3)cc2C)CC1. The van der Waals surface area contributed by atoms with E-state index in [1.807, 2.05) is 28.0 Å². The van der Waals surface area contributed by atoms with E-state index in [0.717, 1.165) is 29.1 Å². The second-order valence-corrected chi connectivity index (χ2v) is 7.39. The topological polar surface area (TPSA) is 67.2 Å². The molecule has 3 rings (SSSR count). The zero-order valence-corrected chi connectivity index (χ0v) is 15.5. The number of amides is 2. The van der Waals surface area contributed by atoms with Crippen LogP contribution in [-0.2, 0) is 16.1 Å². The molecule has 1 fully saturated rings. The Morgan fingerprint density at radius 1 is 1.36 bits per heavy atom. The summed E-state index contributed by atoms with van der Waals surface area (Å²) in [7, 11) is 0. The van der Waals surface area contributed by atoms with Crippen molar-refractivity contribution in [1.82, 2.24) is 20.0 Å². The van der Waals surface area contributed by atoms with E-state index in [4.69, 9.17) is 0 Å². The van der Waals surface area contributed by atoms with Gasteiger partial charge in [0, 0.05) is 38.2 Å². The van der Waals surface area contributed by atoms with Crippen molar-refractivity contribution in [1.29, 1.82) is 0 Å². The molecule has 2 amide bonds. The monoisotopic (exact) mass is 360 g/mol. The fourth-order valence-corrected chi connectivity index (χ4v) is 3.85. The van der Waals surface area contributed by atoms with Crippen LogP contribution in [0, 0.1) is 12.8 Å². The molecule has 1 N–H and O–H groups in total. The molecule has 0 aliphatic carbocycles. The Morgan fingerprint density at radius 2 is 2.12 bits per heavy atom. The lowest BCUT2D eigenvalue weighted by Gasteiger charge is -2.30. The number of piperidine rings is 1. The van der Waals surface area contributed by atoms with Crippen LogP contribution in [0.2, 0.25) is 0 Å². The number of carbonyl (C=O) groups excluding carboxylic acids is 2. The Bertz CT molecular complexity index is 730. The van der Waals surface area contributed by atoms with E-state index in [1.54, 1.807) is 18.3 Å². The van der Waals surface area contributed by atoms with Gasteiger partial charge >= 0.3 is 0 Å². The van der Waals surface area contributed by atoms with E-state index in [-0.39, 0.29) is 17.7 Å². The van der Waals surface area contributed by atoms with Crippen molar-refractivity contribution in [2.75, 3.05) is 19.6 Å². The quantitative estimate of drug-likeness (QED) is 0.890.